The first kappa shape index (κ1) is 13.9. The van der Waals surface area contributed by atoms with E-state index in [4.69, 9.17) is 0 Å². The molecule has 0 spiro atoms. The zero-order chi connectivity index (χ0) is 13.2. The van der Waals surface area contributed by atoms with Gasteiger partial charge in [-0.05, 0) is 0 Å². The zero-order valence-electron chi connectivity index (χ0n) is 11.7. The van der Waals surface area contributed by atoms with E-state index in [0.29, 0.717) is 0 Å². The number of carbonyl (C=O) groups excluding carboxylic acids is 1. The summed E-state index contributed by atoms with van der Waals surface area (Å²) < 4.78 is 1.49. The number of benzene rings is 1. The summed E-state index contributed by atoms with van der Waals surface area (Å²) >= 11 is -1.97. The van der Waals surface area contributed by atoms with E-state index in [1.165, 1.54) is 10.0 Å². The Morgan fingerprint density at radius 2 is 1.56 bits per heavy atom. The number of nitrogens with zero attached hydrogens (tertiary/aromatic N) is 1. The Kier molecular flexibility index (Phi) is 4.36. The Labute approximate surface area is 114 Å². The second-order valence-corrected chi connectivity index (χ2v) is 20.7. The normalized spacial score (nSPS) is 16.7. The van der Waals surface area contributed by atoms with Gasteiger partial charge in [-0.3, -0.25) is 0 Å². The quantitative estimate of drug-likeness (QED) is 0.750. The van der Waals surface area contributed by atoms with Crippen LogP contribution in [0.4, 0.5) is 0 Å². The summed E-state index contributed by atoms with van der Waals surface area (Å²) in [5.74, 6) is 0.213. The second kappa shape index (κ2) is 5.64. The van der Waals surface area contributed by atoms with Crippen molar-refractivity contribution in [2.24, 2.45) is 0 Å². The summed E-state index contributed by atoms with van der Waals surface area (Å²) in [4.78, 5) is 21.5. The molecule has 1 aromatic carbocycles. The molecule has 1 heterocycles. The minimum absolute atomic E-state index is 0.213. The van der Waals surface area contributed by atoms with Gasteiger partial charge in [0.15, 0.2) is 0 Å². The van der Waals surface area contributed by atoms with Crippen LogP contribution in [0.3, 0.4) is 0 Å². The molecule has 0 N–H and O–H groups in total. The minimum atomic E-state index is -1.97. The molecule has 0 atom stereocenters. The van der Waals surface area contributed by atoms with Crippen LogP contribution in [0.5, 0.6) is 0 Å². The van der Waals surface area contributed by atoms with Gasteiger partial charge in [0.1, 0.15) is 0 Å². The maximum absolute atomic E-state index is 12.3. The van der Waals surface area contributed by atoms with Crippen LogP contribution in [0.2, 0.25) is 14.8 Å². The number of piperidine rings is 1. The number of carbonyl (C=O) groups is 1. The fraction of sp³-hybridized carbons (Fsp3) is 0.533. The molecule has 0 bridgehead atoms. The van der Waals surface area contributed by atoms with Gasteiger partial charge < -0.3 is 0 Å². The zero-order valence-corrected chi connectivity index (χ0v) is 14.6. The van der Waals surface area contributed by atoms with Gasteiger partial charge in [0.25, 0.3) is 0 Å². The van der Waals surface area contributed by atoms with Crippen molar-refractivity contribution in [3.05, 3.63) is 29.8 Å². The molecule has 1 amide bonds. The molecule has 0 saturated carbocycles. The van der Waals surface area contributed by atoms with Crippen molar-refractivity contribution in [2.75, 3.05) is 13.1 Å². The number of rotatable bonds is 2. The van der Waals surface area contributed by atoms with E-state index >= 15 is 0 Å². The summed E-state index contributed by atoms with van der Waals surface area (Å²) in [6.07, 6.45) is 3.58. The number of hydrogen-bond donors (Lipinski definition) is 0. The first-order chi connectivity index (χ1) is 8.48. The summed E-state index contributed by atoms with van der Waals surface area (Å²) in [6, 6.07) is 8.39. The van der Waals surface area contributed by atoms with Crippen LogP contribution >= 0.6 is 0 Å². The van der Waals surface area contributed by atoms with Crippen molar-refractivity contribution in [3.63, 3.8) is 0 Å². The summed E-state index contributed by atoms with van der Waals surface area (Å²) in [6.45, 7) is 1.86. The van der Waals surface area contributed by atoms with Gasteiger partial charge in [0, 0.05) is 0 Å². The van der Waals surface area contributed by atoms with Crippen LogP contribution in [-0.4, -0.2) is 42.3 Å². The van der Waals surface area contributed by atoms with Crippen LogP contribution in [0, 0.1) is 0 Å². The van der Waals surface area contributed by atoms with Crippen molar-refractivity contribution in [3.8, 4) is 0 Å². The third-order valence-corrected chi connectivity index (χ3v) is 9.54. The molecule has 0 unspecified atom stereocenters. The predicted molar refractivity (Wildman–Crippen MR) is 79.2 cm³/mol. The molecule has 0 aliphatic carbocycles. The molecular formula is C15H23NOSn. The van der Waals surface area contributed by atoms with Crippen LogP contribution < -0.4 is 3.58 Å². The van der Waals surface area contributed by atoms with Crippen LogP contribution in [0.15, 0.2) is 24.3 Å². The molecule has 1 aliphatic rings. The van der Waals surface area contributed by atoms with E-state index in [1.807, 2.05) is 17.0 Å². The van der Waals surface area contributed by atoms with E-state index in [0.717, 1.165) is 31.5 Å². The molecule has 1 aliphatic heterocycles. The van der Waals surface area contributed by atoms with Gasteiger partial charge in [-0.25, -0.2) is 0 Å². The van der Waals surface area contributed by atoms with Crippen molar-refractivity contribution in [2.45, 2.75) is 34.1 Å². The van der Waals surface area contributed by atoms with Crippen LogP contribution in [0.1, 0.15) is 29.6 Å². The molecule has 98 valence electrons. The monoisotopic (exact) mass is 353 g/mol. The van der Waals surface area contributed by atoms with E-state index in [2.05, 4.69) is 27.0 Å². The Morgan fingerprint density at radius 1 is 1.00 bits per heavy atom. The number of amides is 1. The van der Waals surface area contributed by atoms with E-state index < -0.39 is 18.4 Å². The van der Waals surface area contributed by atoms with Crippen LogP contribution in [0.25, 0.3) is 0 Å². The SMILES string of the molecule is [CH3][Sn]([CH3])([CH3])[c]1ccc(C(=O)N2CCCCC2)cc1. The Morgan fingerprint density at radius 3 is 2.06 bits per heavy atom. The number of hydrogen-bond acceptors (Lipinski definition) is 1. The third-order valence-electron chi connectivity index (χ3n) is 3.64. The average Bonchev–Trinajstić information content (AvgIpc) is 2.38. The Balaban J connectivity index is 2.11. The number of likely N-dealkylation sites (tertiary alicyclic amines) is 1. The molecule has 1 saturated heterocycles. The van der Waals surface area contributed by atoms with Crippen molar-refractivity contribution >= 4 is 27.9 Å². The topological polar surface area (TPSA) is 20.3 Å². The molecule has 18 heavy (non-hydrogen) atoms. The second-order valence-electron chi connectivity index (χ2n) is 6.18. The van der Waals surface area contributed by atoms with E-state index in [1.54, 1.807) is 0 Å². The van der Waals surface area contributed by atoms with Gasteiger partial charge in [-0.2, -0.15) is 0 Å². The molecular weight excluding hydrogens is 329 g/mol. The Bertz CT molecular complexity index is 413. The molecule has 0 aromatic heterocycles. The molecule has 1 fully saturated rings. The van der Waals surface area contributed by atoms with Gasteiger partial charge in [0.2, 0.25) is 0 Å². The summed E-state index contributed by atoms with van der Waals surface area (Å²) in [7, 11) is 0. The maximum atomic E-state index is 12.3. The summed E-state index contributed by atoms with van der Waals surface area (Å²) in [5.41, 5.74) is 0.858. The van der Waals surface area contributed by atoms with E-state index in [-0.39, 0.29) is 5.91 Å². The van der Waals surface area contributed by atoms with Crippen molar-refractivity contribution < 1.29 is 4.79 Å². The third kappa shape index (κ3) is 3.28. The molecule has 2 rings (SSSR count). The van der Waals surface area contributed by atoms with Crippen LogP contribution in [-0.2, 0) is 0 Å². The molecule has 0 radical (unpaired) electrons. The predicted octanol–water partition coefficient (Wildman–Crippen LogP) is 2.86. The fourth-order valence-corrected chi connectivity index (χ4v) is 5.72. The van der Waals surface area contributed by atoms with E-state index in [9.17, 15) is 4.79 Å². The summed E-state index contributed by atoms with van der Waals surface area (Å²) in [5, 5.41) is 0. The molecule has 1 aromatic rings. The first-order valence-electron chi connectivity index (χ1n) is 6.88. The average molecular weight is 352 g/mol. The first-order valence-corrected chi connectivity index (χ1v) is 16.9. The van der Waals surface area contributed by atoms with Gasteiger partial charge in [0.05, 0.1) is 0 Å². The molecule has 2 nitrogen and oxygen atoms in total. The van der Waals surface area contributed by atoms with Gasteiger partial charge in [-0.15, -0.1) is 0 Å². The van der Waals surface area contributed by atoms with Crippen molar-refractivity contribution in [1.82, 2.24) is 4.90 Å². The molecule has 3 heteroatoms. The fourth-order valence-electron chi connectivity index (χ4n) is 2.39. The van der Waals surface area contributed by atoms with Gasteiger partial charge >= 0.3 is 115 Å². The van der Waals surface area contributed by atoms with Gasteiger partial charge in [-0.1, -0.05) is 0 Å². The Hall–Kier alpha value is -0.511. The van der Waals surface area contributed by atoms with Crippen molar-refractivity contribution in [1.29, 1.82) is 0 Å². The standard InChI is InChI=1S/C12H14NO.3CH3.Sn/c14-12(11-7-3-1-4-8-11)13-9-5-2-6-10-13;;;;/h3-4,7-8H,2,5-6,9-10H2;3*1H3;.